The molecular weight excluding hydrogens is 469 g/mol. The van der Waals surface area contributed by atoms with Crippen LogP contribution in [0, 0.1) is 5.82 Å². The van der Waals surface area contributed by atoms with Crippen LogP contribution in [0.15, 0.2) is 77.7 Å². The molecule has 35 heavy (non-hydrogen) atoms. The van der Waals surface area contributed by atoms with Crippen LogP contribution in [0.2, 0.25) is 0 Å². The second kappa shape index (κ2) is 11.0. The Bertz CT molecular complexity index is 1280. The van der Waals surface area contributed by atoms with Crippen LogP contribution in [-0.2, 0) is 16.6 Å². The lowest BCUT2D eigenvalue weighted by Crippen LogP contribution is -2.48. The Balaban J connectivity index is 1.50. The van der Waals surface area contributed by atoms with Crippen LogP contribution in [0.4, 0.5) is 10.1 Å². The molecule has 184 valence electrons. The number of halogens is 1. The lowest BCUT2D eigenvalue weighted by molar-refractivity contribution is 0.102. The molecule has 0 radical (unpaired) electrons. The first-order valence-electron chi connectivity index (χ1n) is 11.5. The number of nitrogens with zero attached hydrogens (tertiary/aromatic N) is 2. The predicted molar refractivity (Wildman–Crippen MR) is 132 cm³/mol. The average Bonchev–Trinajstić information content (AvgIpc) is 2.86. The molecule has 3 aromatic rings. The molecule has 0 unspecified atom stereocenters. The van der Waals surface area contributed by atoms with Crippen LogP contribution in [0.5, 0.6) is 5.75 Å². The first kappa shape index (κ1) is 24.8. The van der Waals surface area contributed by atoms with Crippen molar-refractivity contribution in [2.75, 3.05) is 38.1 Å². The van der Waals surface area contributed by atoms with Gasteiger partial charge in [-0.1, -0.05) is 42.5 Å². The molecule has 1 fully saturated rings. The van der Waals surface area contributed by atoms with Crippen LogP contribution in [0.3, 0.4) is 0 Å². The molecule has 0 aliphatic carbocycles. The van der Waals surface area contributed by atoms with E-state index in [1.807, 2.05) is 18.2 Å². The minimum Gasteiger partial charge on any atom is -0.492 e. The third-order valence-electron chi connectivity index (χ3n) is 5.84. The number of anilines is 1. The monoisotopic (exact) mass is 497 g/mol. The largest absolute Gasteiger partial charge is 0.492 e. The van der Waals surface area contributed by atoms with Crippen molar-refractivity contribution in [3.05, 3.63) is 89.7 Å². The summed E-state index contributed by atoms with van der Waals surface area (Å²) in [5, 5.41) is 2.61. The Morgan fingerprint density at radius 2 is 1.66 bits per heavy atom. The molecular formula is C26H28FN3O4S. The van der Waals surface area contributed by atoms with E-state index in [1.54, 1.807) is 13.0 Å². The van der Waals surface area contributed by atoms with E-state index in [4.69, 9.17) is 4.74 Å². The van der Waals surface area contributed by atoms with Crippen molar-refractivity contribution < 1.29 is 22.3 Å². The normalized spacial score (nSPS) is 15.0. The van der Waals surface area contributed by atoms with Crippen LogP contribution < -0.4 is 10.1 Å². The van der Waals surface area contributed by atoms with Crippen molar-refractivity contribution in [1.82, 2.24) is 9.21 Å². The maximum Gasteiger partial charge on any atom is 0.258 e. The summed E-state index contributed by atoms with van der Waals surface area (Å²) >= 11 is 0. The molecule has 0 saturated carbocycles. The van der Waals surface area contributed by atoms with Gasteiger partial charge >= 0.3 is 0 Å². The standard InChI is InChI=1S/C26H28FN3O4S/c1-2-34-25-13-12-21(18-24(25)28-26(31)22-10-6-7-11-23(22)27)35(32,33)30-16-14-29(15-17-30)19-20-8-4-3-5-9-20/h3-13,18H,2,14-17,19H2,1H3,(H,28,31). The van der Waals surface area contributed by atoms with Crippen molar-refractivity contribution in [2.24, 2.45) is 0 Å². The number of amides is 1. The smallest absolute Gasteiger partial charge is 0.258 e. The third-order valence-corrected chi connectivity index (χ3v) is 7.73. The van der Waals surface area contributed by atoms with Gasteiger partial charge in [0.15, 0.2) is 0 Å². The quantitative estimate of drug-likeness (QED) is 0.509. The number of nitrogens with one attached hydrogen (secondary N) is 1. The Labute approximate surface area is 205 Å². The molecule has 4 rings (SSSR count). The van der Waals surface area contributed by atoms with Gasteiger partial charge in [-0.2, -0.15) is 4.31 Å². The number of sulfonamides is 1. The highest BCUT2D eigenvalue weighted by Gasteiger charge is 2.29. The summed E-state index contributed by atoms with van der Waals surface area (Å²) in [5.74, 6) is -1.04. The fraction of sp³-hybridized carbons (Fsp3) is 0.269. The summed E-state index contributed by atoms with van der Waals surface area (Å²) in [5.41, 5.74) is 1.21. The minimum absolute atomic E-state index is 0.0429. The highest BCUT2D eigenvalue weighted by atomic mass is 32.2. The molecule has 1 aliphatic rings. The Kier molecular flexibility index (Phi) is 7.80. The fourth-order valence-corrected chi connectivity index (χ4v) is 5.45. The van der Waals surface area contributed by atoms with E-state index in [0.717, 1.165) is 6.54 Å². The van der Waals surface area contributed by atoms with Crippen molar-refractivity contribution in [1.29, 1.82) is 0 Å². The summed E-state index contributed by atoms with van der Waals surface area (Å²) < 4.78 is 47.8. The van der Waals surface area contributed by atoms with Crippen molar-refractivity contribution >= 4 is 21.6 Å². The summed E-state index contributed by atoms with van der Waals surface area (Å²) in [6.45, 7) is 4.81. The maximum atomic E-state index is 14.1. The van der Waals surface area contributed by atoms with Gasteiger partial charge in [0.05, 0.1) is 22.8 Å². The molecule has 1 amide bonds. The molecule has 0 atom stereocenters. The van der Waals surface area contributed by atoms with Gasteiger partial charge in [0.25, 0.3) is 5.91 Å². The van der Waals surface area contributed by atoms with Crippen LogP contribution in [0.1, 0.15) is 22.8 Å². The summed E-state index contributed by atoms with van der Waals surface area (Å²) in [4.78, 5) is 14.9. The minimum atomic E-state index is -3.80. The Hall–Kier alpha value is -3.27. The van der Waals surface area contributed by atoms with Gasteiger partial charge in [-0.15, -0.1) is 0 Å². The molecule has 0 bridgehead atoms. The molecule has 1 saturated heterocycles. The number of carbonyl (C=O) groups excluding carboxylic acids is 1. The highest BCUT2D eigenvalue weighted by Crippen LogP contribution is 2.30. The zero-order valence-corrected chi connectivity index (χ0v) is 20.3. The van der Waals surface area contributed by atoms with Gasteiger partial charge in [0, 0.05) is 32.7 Å². The lowest BCUT2D eigenvalue weighted by Gasteiger charge is -2.34. The molecule has 3 aromatic carbocycles. The molecule has 0 aromatic heterocycles. The topological polar surface area (TPSA) is 79.0 Å². The summed E-state index contributed by atoms with van der Waals surface area (Å²) in [6, 6.07) is 20.0. The number of hydrogen-bond acceptors (Lipinski definition) is 5. The van der Waals surface area contributed by atoms with Gasteiger partial charge in [0.1, 0.15) is 11.6 Å². The summed E-state index contributed by atoms with van der Waals surface area (Å²) in [6.07, 6.45) is 0. The van der Waals surface area contributed by atoms with E-state index in [0.29, 0.717) is 38.5 Å². The Morgan fingerprint density at radius 1 is 0.971 bits per heavy atom. The van der Waals surface area contributed by atoms with E-state index in [1.165, 1.54) is 46.3 Å². The fourth-order valence-electron chi connectivity index (χ4n) is 4.00. The van der Waals surface area contributed by atoms with E-state index in [-0.39, 0.29) is 16.1 Å². The van der Waals surface area contributed by atoms with Crippen molar-refractivity contribution in [3.63, 3.8) is 0 Å². The molecule has 1 aliphatic heterocycles. The van der Waals surface area contributed by atoms with E-state index >= 15 is 0 Å². The number of rotatable bonds is 8. The SMILES string of the molecule is CCOc1ccc(S(=O)(=O)N2CCN(Cc3ccccc3)CC2)cc1NC(=O)c1ccccc1F. The zero-order valence-electron chi connectivity index (χ0n) is 19.5. The first-order chi connectivity index (χ1) is 16.9. The molecule has 7 nitrogen and oxygen atoms in total. The number of ether oxygens (including phenoxy) is 1. The van der Waals surface area contributed by atoms with Gasteiger partial charge < -0.3 is 10.1 Å². The van der Waals surface area contributed by atoms with E-state index in [9.17, 15) is 17.6 Å². The third kappa shape index (κ3) is 5.87. The molecule has 9 heteroatoms. The number of benzene rings is 3. The number of piperazine rings is 1. The van der Waals surface area contributed by atoms with Crippen molar-refractivity contribution in [2.45, 2.75) is 18.4 Å². The second-order valence-corrected chi connectivity index (χ2v) is 10.1. The van der Waals surface area contributed by atoms with Crippen LogP contribution in [0.25, 0.3) is 0 Å². The zero-order chi connectivity index (χ0) is 24.8. The number of carbonyl (C=O) groups is 1. The van der Waals surface area contributed by atoms with Crippen LogP contribution >= 0.6 is 0 Å². The van der Waals surface area contributed by atoms with Gasteiger partial charge in [-0.3, -0.25) is 9.69 Å². The first-order valence-corrected chi connectivity index (χ1v) is 12.9. The van der Waals surface area contributed by atoms with E-state index < -0.39 is 21.7 Å². The van der Waals surface area contributed by atoms with Gasteiger partial charge in [0.2, 0.25) is 10.0 Å². The predicted octanol–water partition coefficient (Wildman–Crippen LogP) is 3.98. The second-order valence-electron chi connectivity index (χ2n) is 8.19. The van der Waals surface area contributed by atoms with Crippen molar-refractivity contribution in [3.8, 4) is 5.75 Å². The van der Waals surface area contributed by atoms with Crippen LogP contribution in [-0.4, -0.2) is 56.3 Å². The Morgan fingerprint density at radius 3 is 2.34 bits per heavy atom. The average molecular weight is 498 g/mol. The molecule has 1 N–H and O–H groups in total. The summed E-state index contributed by atoms with van der Waals surface area (Å²) in [7, 11) is -3.80. The lowest BCUT2D eigenvalue weighted by atomic mass is 10.2. The van der Waals surface area contributed by atoms with Gasteiger partial charge in [-0.25, -0.2) is 12.8 Å². The molecule has 1 heterocycles. The highest BCUT2D eigenvalue weighted by molar-refractivity contribution is 7.89. The van der Waals surface area contributed by atoms with Gasteiger partial charge in [-0.05, 0) is 42.8 Å². The number of hydrogen-bond donors (Lipinski definition) is 1. The maximum absolute atomic E-state index is 14.1. The molecule has 0 spiro atoms. The van der Waals surface area contributed by atoms with E-state index in [2.05, 4.69) is 22.3 Å².